The monoisotopic (exact) mass is 415 g/mol. The molecule has 0 fully saturated rings. The number of rotatable bonds is 4. The van der Waals surface area contributed by atoms with Gasteiger partial charge in [0.15, 0.2) is 17.5 Å². The Morgan fingerprint density at radius 3 is 2.93 bits per heavy atom. The summed E-state index contributed by atoms with van der Waals surface area (Å²) in [5, 5.41) is 7.09. The molecule has 0 bridgehead atoms. The summed E-state index contributed by atoms with van der Waals surface area (Å²) in [7, 11) is 6.06. The summed E-state index contributed by atoms with van der Waals surface area (Å²) in [6.45, 7) is 2.45. The molecule has 0 saturated carbocycles. The van der Waals surface area contributed by atoms with Crippen molar-refractivity contribution in [3.8, 4) is 11.3 Å². The number of thiophene rings is 1. The van der Waals surface area contributed by atoms with Crippen molar-refractivity contribution < 1.29 is 18.0 Å². The van der Waals surface area contributed by atoms with Gasteiger partial charge in [0.05, 0.1) is 10.6 Å². The van der Waals surface area contributed by atoms with E-state index in [1.54, 1.807) is 19.2 Å². The molecule has 3 aromatic rings. The lowest BCUT2D eigenvalue weighted by Crippen LogP contribution is -2.34. The van der Waals surface area contributed by atoms with Crippen LogP contribution in [0.25, 0.3) is 11.3 Å². The SMILES string of the molecule is [B]c1cnn2c1-c1cc(C(=O)NC(C)Cc3ccc(F)c(F)c3F)sc1CCC2. The predicted molar refractivity (Wildman–Crippen MR) is 106 cm³/mol. The van der Waals surface area contributed by atoms with Crippen LogP contribution < -0.4 is 10.8 Å². The van der Waals surface area contributed by atoms with E-state index in [2.05, 4.69) is 10.4 Å². The highest BCUT2D eigenvalue weighted by molar-refractivity contribution is 7.14. The molecule has 1 aromatic carbocycles. The first-order valence-electron chi connectivity index (χ1n) is 9.22. The Balaban J connectivity index is 1.52. The highest BCUT2D eigenvalue weighted by Gasteiger charge is 2.23. The number of aromatic nitrogens is 2. The number of nitrogens with zero attached hydrogens (tertiary/aromatic N) is 2. The van der Waals surface area contributed by atoms with Crippen molar-refractivity contribution in [3.63, 3.8) is 0 Å². The Kier molecular flexibility index (Phi) is 5.25. The Hall–Kier alpha value is -2.55. The lowest BCUT2D eigenvalue weighted by atomic mass is 9.93. The second-order valence-corrected chi connectivity index (χ2v) is 8.27. The van der Waals surface area contributed by atoms with Crippen molar-refractivity contribution in [2.45, 2.75) is 38.8 Å². The van der Waals surface area contributed by atoms with Crippen LogP contribution in [0, 0.1) is 17.5 Å². The first-order chi connectivity index (χ1) is 13.8. The van der Waals surface area contributed by atoms with Crippen LogP contribution in [0.4, 0.5) is 13.2 Å². The lowest BCUT2D eigenvalue weighted by molar-refractivity contribution is 0.0944. The smallest absolute Gasteiger partial charge is 0.261 e. The maximum atomic E-state index is 13.9. The summed E-state index contributed by atoms with van der Waals surface area (Å²) in [5.74, 6) is -4.26. The molecular weight excluding hydrogens is 398 g/mol. The first kappa shape index (κ1) is 19.8. The average Bonchev–Trinajstić information content (AvgIpc) is 3.21. The summed E-state index contributed by atoms with van der Waals surface area (Å²) in [4.78, 5) is 14.3. The molecule has 29 heavy (non-hydrogen) atoms. The van der Waals surface area contributed by atoms with E-state index in [4.69, 9.17) is 7.85 Å². The number of amides is 1. The van der Waals surface area contributed by atoms with Crippen LogP contribution in [0.2, 0.25) is 0 Å². The number of fused-ring (bicyclic) bond motifs is 3. The van der Waals surface area contributed by atoms with E-state index in [0.29, 0.717) is 10.3 Å². The standard InChI is InChI=1S/C20H17BF3N3OS/c1-10(7-11-4-5-14(22)18(24)17(11)23)26-20(28)16-8-12-15(29-16)3-2-6-27-19(12)13(21)9-25-27/h4-5,8-10H,2-3,6-7H2,1H3,(H,26,28). The molecule has 0 saturated heterocycles. The zero-order chi connectivity index (χ0) is 20.7. The molecule has 1 atom stereocenters. The normalized spacial score (nSPS) is 14.1. The zero-order valence-corrected chi connectivity index (χ0v) is 16.5. The van der Waals surface area contributed by atoms with Gasteiger partial charge in [-0.2, -0.15) is 5.10 Å². The molecule has 4 rings (SSSR count). The number of hydrogen-bond donors (Lipinski definition) is 1. The van der Waals surface area contributed by atoms with Crippen LogP contribution in [-0.2, 0) is 19.4 Å². The molecule has 148 valence electrons. The Morgan fingerprint density at radius 1 is 1.34 bits per heavy atom. The van der Waals surface area contributed by atoms with Gasteiger partial charge in [0, 0.05) is 29.2 Å². The fourth-order valence-electron chi connectivity index (χ4n) is 3.58. The minimum Gasteiger partial charge on any atom is -0.349 e. The van der Waals surface area contributed by atoms with E-state index < -0.39 is 23.5 Å². The zero-order valence-electron chi connectivity index (χ0n) is 15.6. The van der Waals surface area contributed by atoms with Crippen LogP contribution in [-0.4, -0.2) is 29.6 Å². The van der Waals surface area contributed by atoms with Gasteiger partial charge in [-0.05, 0) is 43.9 Å². The number of carbonyl (C=O) groups is 1. The van der Waals surface area contributed by atoms with Crippen LogP contribution in [0.3, 0.4) is 0 Å². The molecule has 1 aliphatic rings. The fraction of sp³-hybridized carbons (Fsp3) is 0.300. The quantitative estimate of drug-likeness (QED) is 0.526. The van der Waals surface area contributed by atoms with E-state index in [-0.39, 0.29) is 17.9 Å². The van der Waals surface area contributed by atoms with Crippen LogP contribution in [0.1, 0.15) is 33.5 Å². The molecule has 3 heterocycles. The molecule has 4 nitrogen and oxygen atoms in total. The molecule has 0 aliphatic carbocycles. The van der Waals surface area contributed by atoms with Crippen molar-refractivity contribution in [2.24, 2.45) is 0 Å². The van der Waals surface area contributed by atoms with Crippen molar-refractivity contribution in [1.82, 2.24) is 15.1 Å². The molecule has 1 aliphatic heterocycles. The van der Waals surface area contributed by atoms with Gasteiger partial charge in [-0.3, -0.25) is 9.48 Å². The summed E-state index contributed by atoms with van der Waals surface area (Å²) in [5.41, 5.74) is 2.31. The summed E-state index contributed by atoms with van der Waals surface area (Å²) >= 11 is 1.40. The minimum absolute atomic E-state index is 0.00957. The van der Waals surface area contributed by atoms with Crippen LogP contribution in [0.15, 0.2) is 24.4 Å². The topological polar surface area (TPSA) is 46.9 Å². The van der Waals surface area contributed by atoms with Gasteiger partial charge in [0.25, 0.3) is 5.91 Å². The minimum atomic E-state index is -1.50. The number of halogens is 3. The number of benzene rings is 1. The van der Waals surface area contributed by atoms with E-state index in [1.807, 2.05) is 4.68 Å². The molecular formula is C20H17BF3N3OS. The predicted octanol–water partition coefficient (Wildman–Crippen LogP) is 3.13. The maximum absolute atomic E-state index is 13.9. The summed E-state index contributed by atoms with van der Waals surface area (Å²) in [6.07, 6.45) is 3.38. The Morgan fingerprint density at radius 2 is 2.14 bits per heavy atom. The van der Waals surface area contributed by atoms with Gasteiger partial charge >= 0.3 is 0 Å². The summed E-state index contributed by atoms with van der Waals surface area (Å²) in [6, 6.07) is 3.40. The second kappa shape index (κ2) is 7.70. The molecule has 1 amide bonds. The van der Waals surface area contributed by atoms with E-state index in [1.165, 1.54) is 17.4 Å². The third-order valence-corrected chi connectivity index (χ3v) is 6.14. The Bertz CT molecular complexity index is 1100. The largest absolute Gasteiger partial charge is 0.349 e. The molecule has 1 N–H and O–H groups in total. The van der Waals surface area contributed by atoms with E-state index >= 15 is 0 Å². The van der Waals surface area contributed by atoms with Crippen molar-refractivity contribution in [1.29, 1.82) is 0 Å². The highest BCUT2D eigenvalue weighted by Crippen LogP contribution is 2.34. The third-order valence-electron chi connectivity index (χ3n) is 4.95. The maximum Gasteiger partial charge on any atom is 0.261 e. The van der Waals surface area contributed by atoms with Crippen molar-refractivity contribution in [2.75, 3.05) is 0 Å². The van der Waals surface area contributed by atoms with Crippen molar-refractivity contribution in [3.05, 3.63) is 57.2 Å². The molecule has 2 aromatic heterocycles. The third kappa shape index (κ3) is 3.71. The van der Waals surface area contributed by atoms with Gasteiger partial charge < -0.3 is 5.32 Å². The van der Waals surface area contributed by atoms with E-state index in [9.17, 15) is 18.0 Å². The molecule has 1 unspecified atom stereocenters. The fourth-order valence-corrected chi connectivity index (χ4v) is 4.69. The average molecular weight is 415 g/mol. The van der Waals surface area contributed by atoms with Gasteiger partial charge in [0.1, 0.15) is 7.85 Å². The van der Waals surface area contributed by atoms with Crippen LogP contribution in [0.5, 0.6) is 0 Å². The van der Waals surface area contributed by atoms with Gasteiger partial charge in [0.2, 0.25) is 0 Å². The Labute approximate surface area is 171 Å². The first-order valence-corrected chi connectivity index (χ1v) is 10.0. The van der Waals surface area contributed by atoms with Gasteiger partial charge in [-0.25, -0.2) is 13.2 Å². The number of hydrogen-bond acceptors (Lipinski definition) is 3. The van der Waals surface area contributed by atoms with Gasteiger partial charge in [-0.1, -0.05) is 11.5 Å². The summed E-state index contributed by atoms with van der Waals surface area (Å²) < 4.78 is 42.2. The molecule has 0 spiro atoms. The van der Waals surface area contributed by atoms with E-state index in [0.717, 1.165) is 41.6 Å². The second-order valence-electron chi connectivity index (χ2n) is 7.14. The molecule has 2 radical (unpaired) electrons. The molecule has 9 heteroatoms. The number of aryl methyl sites for hydroxylation is 2. The van der Waals surface area contributed by atoms with Gasteiger partial charge in [-0.15, -0.1) is 11.3 Å². The lowest BCUT2D eigenvalue weighted by Gasteiger charge is -2.14. The number of carbonyl (C=O) groups excluding carboxylic acids is 1. The van der Waals surface area contributed by atoms with Crippen LogP contribution >= 0.6 is 11.3 Å². The van der Waals surface area contributed by atoms with Crippen molar-refractivity contribution >= 4 is 30.6 Å². The number of nitrogens with one attached hydrogen (secondary N) is 1. The highest BCUT2D eigenvalue weighted by atomic mass is 32.1.